The van der Waals surface area contributed by atoms with Gasteiger partial charge in [-0.25, -0.2) is 8.42 Å². The molecule has 0 unspecified atom stereocenters. The van der Waals surface area contributed by atoms with E-state index in [1.807, 2.05) is 19.1 Å². The molecule has 0 aliphatic carbocycles. The molecule has 0 atom stereocenters. The van der Waals surface area contributed by atoms with Crippen molar-refractivity contribution in [2.45, 2.75) is 20.3 Å². The van der Waals surface area contributed by atoms with Crippen LogP contribution in [0.25, 0.3) is 0 Å². The Hall–Kier alpha value is -3.40. The van der Waals surface area contributed by atoms with Crippen LogP contribution in [0.4, 0.5) is 11.4 Å². The molecule has 0 heterocycles. The van der Waals surface area contributed by atoms with Gasteiger partial charge in [0, 0.05) is 18.2 Å². The molecule has 3 amide bonds. The number of rotatable bonds is 6. The molecule has 0 spiro atoms. The molecule has 154 valence electrons. The lowest BCUT2D eigenvalue weighted by atomic mass is 10.1. The Balaban J connectivity index is 2.19. The van der Waals surface area contributed by atoms with Gasteiger partial charge in [0.25, 0.3) is 11.8 Å². The number of benzene rings is 2. The number of aryl methyl sites for hydroxylation is 1. The zero-order chi connectivity index (χ0) is 21.6. The number of hydrazine groups is 1. The monoisotopic (exact) mass is 418 g/mol. The van der Waals surface area contributed by atoms with Crippen LogP contribution in [0.1, 0.15) is 40.1 Å². The second kappa shape index (κ2) is 9.20. The topological polar surface area (TPSA) is 133 Å². The molecule has 0 aliphatic rings. The molecule has 29 heavy (non-hydrogen) atoms. The maximum Gasteiger partial charge on any atom is 0.271 e. The maximum absolute atomic E-state index is 12.6. The van der Waals surface area contributed by atoms with E-state index >= 15 is 0 Å². The second-order valence-corrected chi connectivity index (χ2v) is 8.02. The number of hydrogen-bond acceptors (Lipinski definition) is 5. The minimum Gasteiger partial charge on any atom is -0.326 e. The number of carbonyl (C=O) groups is 3. The smallest absolute Gasteiger partial charge is 0.271 e. The predicted molar refractivity (Wildman–Crippen MR) is 110 cm³/mol. The Morgan fingerprint density at radius 2 is 1.55 bits per heavy atom. The van der Waals surface area contributed by atoms with E-state index in [1.165, 1.54) is 25.1 Å². The van der Waals surface area contributed by atoms with Crippen LogP contribution in [0.2, 0.25) is 0 Å². The third kappa shape index (κ3) is 6.61. The van der Waals surface area contributed by atoms with Gasteiger partial charge in [-0.3, -0.25) is 30.0 Å². The van der Waals surface area contributed by atoms with Crippen LogP contribution >= 0.6 is 0 Å². The van der Waals surface area contributed by atoms with E-state index in [1.54, 1.807) is 12.1 Å². The van der Waals surface area contributed by atoms with E-state index in [4.69, 9.17) is 0 Å². The molecule has 0 saturated carbocycles. The molecule has 0 fully saturated rings. The number of nitrogens with one attached hydrogen (secondary N) is 4. The lowest BCUT2D eigenvalue weighted by Gasteiger charge is -2.14. The Morgan fingerprint density at radius 3 is 2.10 bits per heavy atom. The summed E-state index contributed by atoms with van der Waals surface area (Å²) in [5, 5.41) is 2.51. The first-order valence-corrected chi connectivity index (χ1v) is 10.6. The van der Waals surface area contributed by atoms with Crippen molar-refractivity contribution in [2.75, 3.05) is 16.3 Å². The summed E-state index contributed by atoms with van der Waals surface area (Å²) >= 11 is 0. The fourth-order valence-electron chi connectivity index (χ4n) is 2.45. The average Bonchev–Trinajstić information content (AvgIpc) is 2.65. The summed E-state index contributed by atoms with van der Waals surface area (Å²) in [5.41, 5.74) is 6.16. The van der Waals surface area contributed by atoms with E-state index in [-0.39, 0.29) is 17.2 Å². The molecule has 4 N–H and O–H groups in total. The van der Waals surface area contributed by atoms with Crippen LogP contribution in [0, 0.1) is 0 Å². The molecule has 2 aromatic carbocycles. The largest absolute Gasteiger partial charge is 0.326 e. The minimum absolute atomic E-state index is 0.000602. The van der Waals surface area contributed by atoms with Crippen LogP contribution in [0.15, 0.2) is 42.5 Å². The highest BCUT2D eigenvalue weighted by atomic mass is 32.2. The van der Waals surface area contributed by atoms with Gasteiger partial charge in [0.1, 0.15) is 0 Å². The summed E-state index contributed by atoms with van der Waals surface area (Å²) in [6, 6.07) is 11.0. The van der Waals surface area contributed by atoms with Gasteiger partial charge < -0.3 is 5.32 Å². The van der Waals surface area contributed by atoms with Gasteiger partial charge in [-0.05, 0) is 42.3 Å². The lowest BCUT2D eigenvalue weighted by Crippen LogP contribution is -2.42. The molecule has 2 aromatic rings. The van der Waals surface area contributed by atoms with Gasteiger partial charge in [-0.2, -0.15) is 0 Å². The molecule has 0 bridgehead atoms. The number of sulfonamides is 1. The van der Waals surface area contributed by atoms with E-state index in [0.29, 0.717) is 11.3 Å². The van der Waals surface area contributed by atoms with Crippen molar-refractivity contribution in [3.05, 3.63) is 59.2 Å². The van der Waals surface area contributed by atoms with E-state index in [9.17, 15) is 22.8 Å². The van der Waals surface area contributed by atoms with Crippen molar-refractivity contribution in [1.82, 2.24) is 10.9 Å². The van der Waals surface area contributed by atoms with Crippen LogP contribution in [0.5, 0.6) is 0 Å². The van der Waals surface area contributed by atoms with Crippen molar-refractivity contribution in [2.24, 2.45) is 0 Å². The van der Waals surface area contributed by atoms with E-state index in [0.717, 1.165) is 18.2 Å². The zero-order valence-electron chi connectivity index (χ0n) is 16.2. The fraction of sp³-hybridized carbons (Fsp3) is 0.211. The Kier molecular flexibility index (Phi) is 6.94. The highest BCUT2D eigenvalue weighted by Crippen LogP contribution is 2.21. The normalized spacial score (nSPS) is 10.7. The van der Waals surface area contributed by atoms with Gasteiger partial charge in [0.2, 0.25) is 15.9 Å². The number of hydrogen-bond donors (Lipinski definition) is 4. The van der Waals surface area contributed by atoms with Crippen LogP contribution in [-0.4, -0.2) is 32.4 Å². The molecule has 0 saturated heterocycles. The van der Waals surface area contributed by atoms with Gasteiger partial charge >= 0.3 is 0 Å². The van der Waals surface area contributed by atoms with Crippen LogP contribution in [-0.2, 0) is 21.2 Å². The average molecular weight is 418 g/mol. The standard InChI is InChI=1S/C19H22N4O5S/c1-4-13-5-7-14(8-6-13)18(25)21-22-19(26)16-11-15(20-12(2)24)9-10-17(16)23-29(3,27)28/h5-11,23H,4H2,1-3H3,(H,20,24)(H,21,25)(H,22,26). The van der Waals surface area contributed by atoms with E-state index < -0.39 is 21.8 Å². The number of amides is 3. The summed E-state index contributed by atoms with van der Waals surface area (Å²) in [4.78, 5) is 36.0. The Labute approximate surface area is 168 Å². The number of anilines is 2. The van der Waals surface area contributed by atoms with Crippen molar-refractivity contribution in [3.8, 4) is 0 Å². The molecular weight excluding hydrogens is 396 g/mol. The summed E-state index contributed by atoms with van der Waals surface area (Å²) in [5.74, 6) is -1.65. The minimum atomic E-state index is -3.65. The SMILES string of the molecule is CCc1ccc(C(=O)NNC(=O)c2cc(NC(C)=O)ccc2NS(C)(=O)=O)cc1. The molecule has 2 rings (SSSR count). The molecule has 0 radical (unpaired) electrons. The van der Waals surface area contributed by atoms with E-state index in [2.05, 4.69) is 20.9 Å². The Bertz CT molecular complexity index is 1030. The van der Waals surface area contributed by atoms with Crippen molar-refractivity contribution in [3.63, 3.8) is 0 Å². The third-order valence-electron chi connectivity index (χ3n) is 3.79. The first-order valence-electron chi connectivity index (χ1n) is 8.68. The summed E-state index contributed by atoms with van der Waals surface area (Å²) < 4.78 is 25.3. The molecular formula is C19H22N4O5S. The lowest BCUT2D eigenvalue weighted by molar-refractivity contribution is -0.114. The highest BCUT2D eigenvalue weighted by molar-refractivity contribution is 7.92. The zero-order valence-corrected chi connectivity index (χ0v) is 17.0. The van der Waals surface area contributed by atoms with Gasteiger partial charge in [0.15, 0.2) is 0 Å². The molecule has 10 heteroatoms. The second-order valence-electron chi connectivity index (χ2n) is 6.27. The summed E-state index contributed by atoms with van der Waals surface area (Å²) in [6.07, 6.45) is 1.78. The molecule has 0 aromatic heterocycles. The Morgan fingerprint density at radius 1 is 0.931 bits per heavy atom. The first-order chi connectivity index (χ1) is 13.6. The fourth-order valence-corrected chi connectivity index (χ4v) is 3.02. The predicted octanol–water partition coefficient (Wildman–Crippen LogP) is 1.65. The van der Waals surface area contributed by atoms with Gasteiger partial charge in [-0.1, -0.05) is 19.1 Å². The van der Waals surface area contributed by atoms with Crippen LogP contribution < -0.4 is 20.9 Å². The quantitative estimate of drug-likeness (QED) is 0.530. The van der Waals surface area contributed by atoms with Gasteiger partial charge in [0.05, 0.1) is 17.5 Å². The van der Waals surface area contributed by atoms with Crippen LogP contribution in [0.3, 0.4) is 0 Å². The maximum atomic E-state index is 12.6. The van der Waals surface area contributed by atoms with Gasteiger partial charge in [-0.15, -0.1) is 0 Å². The van der Waals surface area contributed by atoms with Crippen molar-refractivity contribution >= 4 is 39.1 Å². The number of carbonyl (C=O) groups excluding carboxylic acids is 3. The highest BCUT2D eigenvalue weighted by Gasteiger charge is 2.17. The summed E-state index contributed by atoms with van der Waals surface area (Å²) in [7, 11) is -3.65. The first kappa shape index (κ1) is 21.9. The third-order valence-corrected chi connectivity index (χ3v) is 4.38. The molecule has 9 nitrogen and oxygen atoms in total. The van der Waals surface area contributed by atoms with Crippen molar-refractivity contribution in [1.29, 1.82) is 0 Å². The van der Waals surface area contributed by atoms with Crippen molar-refractivity contribution < 1.29 is 22.8 Å². The molecule has 0 aliphatic heterocycles. The summed E-state index contributed by atoms with van der Waals surface area (Å²) in [6.45, 7) is 3.29.